The molecule has 3 nitrogen and oxygen atoms in total. The molecule has 0 fully saturated rings. The molecule has 0 aliphatic heterocycles. The number of pyridine rings is 1. The summed E-state index contributed by atoms with van der Waals surface area (Å²) in [5.74, 6) is 0.326. The van der Waals surface area contributed by atoms with E-state index in [4.69, 9.17) is 0 Å². The zero-order chi connectivity index (χ0) is 13.5. The Labute approximate surface area is 114 Å². The second-order valence-corrected chi connectivity index (χ2v) is 4.84. The van der Waals surface area contributed by atoms with Gasteiger partial charge in [-0.05, 0) is 55.2 Å². The summed E-state index contributed by atoms with van der Waals surface area (Å²) in [5, 5.41) is 12.7. The summed E-state index contributed by atoms with van der Waals surface area (Å²) in [6.07, 6.45) is 5.73. The molecule has 100 valence electrons. The molecular weight excluding hydrogens is 236 g/mol. The van der Waals surface area contributed by atoms with Crippen molar-refractivity contribution >= 4 is 0 Å². The number of nitrogens with zero attached hydrogens (tertiary/aromatic N) is 1. The van der Waals surface area contributed by atoms with Crippen molar-refractivity contribution in [2.75, 3.05) is 0 Å². The van der Waals surface area contributed by atoms with Crippen LogP contribution in [0.25, 0.3) is 0 Å². The molecule has 2 rings (SSSR count). The van der Waals surface area contributed by atoms with E-state index in [1.807, 2.05) is 36.7 Å². The fraction of sp³-hybridized carbons (Fsp3) is 0.312. The normalized spacial score (nSPS) is 12.3. The lowest BCUT2D eigenvalue weighted by Crippen LogP contribution is -2.25. The molecule has 19 heavy (non-hydrogen) atoms. The van der Waals surface area contributed by atoms with Gasteiger partial charge in [0.1, 0.15) is 5.75 Å². The Hall–Kier alpha value is -1.87. The van der Waals surface area contributed by atoms with Crippen LogP contribution in [-0.2, 0) is 13.0 Å². The predicted molar refractivity (Wildman–Crippen MR) is 77.0 cm³/mol. The molecule has 0 saturated heterocycles. The highest BCUT2D eigenvalue weighted by Gasteiger charge is 2.02. The van der Waals surface area contributed by atoms with Crippen molar-refractivity contribution in [2.45, 2.75) is 32.4 Å². The van der Waals surface area contributed by atoms with Gasteiger partial charge in [0.2, 0.25) is 0 Å². The van der Waals surface area contributed by atoms with Crippen LogP contribution in [0.5, 0.6) is 5.75 Å². The van der Waals surface area contributed by atoms with Gasteiger partial charge in [0, 0.05) is 25.0 Å². The number of benzene rings is 1. The van der Waals surface area contributed by atoms with Crippen LogP contribution < -0.4 is 5.32 Å². The Morgan fingerprint density at radius 1 is 1.05 bits per heavy atom. The molecule has 1 aromatic heterocycles. The van der Waals surface area contributed by atoms with Crippen molar-refractivity contribution in [1.29, 1.82) is 0 Å². The number of aryl methyl sites for hydroxylation is 1. The van der Waals surface area contributed by atoms with Gasteiger partial charge in [0.15, 0.2) is 0 Å². The standard InChI is InChI=1S/C16H20N2O/c1-13(18-12-15-8-10-17-11-9-15)2-3-14-4-6-16(19)7-5-14/h4-11,13,18-19H,2-3,12H2,1H3. The Morgan fingerprint density at radius 2 is 1.74 bits per heavy atom. The highest BCUT2D eigenvalue weighted by molar-refractivity contribution is 5.25. The quantitative estimate of drug-likeness (QED) is 0.835. The molecule has 0 aliphatic carbocycles. The van der Waals surface area contributed by atoms with Crippen LogP contribution in [0.15, 0.2) is 48.8 Å². The van der Waals surface area contributed by atoms with Crippen LogP contribution in [0.4, 0.5) is 0 Å². The van der Waals surface area contributed by atoms with Gasteiger partial charge in [-0.1, -0.05) is 12.1 Å². The first-order valence-corrected chi connectivity index (χ1v) is 6.64. The molecule has 1 aromatic carbocycles. The van der Waals surface area contributed by atoms with Gasteiger partial charge in [-0.15, -0.1) is 0 Å². The molecule has 0 saturated carbocycles. The number of aromatic nitrogens is 1. The lowest BCUT2D eigenvalue weighted by molar-refractivity contribution is 0.474. The molecular formula is C16H20N2O. The highest BCUT2D eigenvalue weighted by Crippen LogP contribution is 2.12. The first kappa shape index (κ1) is 13.6. The summed E-state index contributed by atoms with van der Waals surface area (Å²) in [4.78, 5) is 4.01. The minimum Gasteiger partial charge on any atom is -0.508 e. The lowest BCUT2D eigenvalue weighted by Gasteiger charge is -2.13. The molecule has 1 heterocycles. The average molecular weight is 256 g/mol. The number of hydrogen-bond acceptors (Lipinski definition) is 3. The lowest BCUT2D eigenvalue weighted by atomic mass is 10.1. The van der Waals surface area contributed by atoms with Gasteiger partial charge in [-0.3, -0.25) is 4.98 Å². The smallest absolute Gasteiger partial charge is 0.115 e. The summed E-state index contributed by atoms with van der Waals surface area (Å²) >= 11 is 0. The monoisotopic (exact) mass is 256 g/mol. The van der Waals surface area contributed by atoms with Crippen LogP contribution in [-0.4, -0.2) is 16.1 Å². The van der Waals surface area contributed by atoms with E-state index >= 15 is 0 Å². The maximum Gasteiger partial charge on any atom is 0.115 e. The molecule has 2 aromatic rings. The van der Waals surface area contributed by atoms with E-state index in [-0.39, 0.29) is 0 Å². The van der Waals surface area contributed by atoms with Gasteiger partial charge in [-0.25, -0.2) is 0 Å². The third-order valence-electron chi connectivity index (χ3n) is 3.21. The third-order valence-corrected chi connectivity index (χ3v) is 3.21. The first-order valence-electron chi connectivity index (χ1n) is 6.64. The van der Waals surface area contributed by atoms with Crippen molar-refractivity contribution in [3.63, 3.8) is 0 Å². The number of aromatic hydroxyl groups is 1. The van der Waals surface area contributed by atoms with Crippen molar-refractivity contribution < 1.29 is 5.11 Å². The van der Waals surface area contributed by atoms with Crippen molar-refractivity contribution in [2.24, 2.45) is 0 Å². The Bertz CT molecular complexity index is 482. The van der Waals surface area contributed by atoms with Gasteiger partial charge in [-0.2, -0.15) is 0 Å². The highest BCUT2D eigenvalue weighted by atomic mass is 16.3. The fourth-order valence-electron chi connectivity index (χ4n) is 1.94. The summed E-state index contributed by atoms with van der Waals surface area (Å²) in [6.45, 7) is 3.07. The van der Waals surface area contributed by atoms with Crippen LogP contribution in [0.3, 0.4) is 0 Å². The largest absolute Gasteiger partial charge is 0.508 e. The van der Waals surface area contributed by atoms with E-state index in [0.29, 0.717) is 11.8 Å². The average Bonchev–Trinajstić information content (AvgIpc) is 2.45. The number of hydrogen-bond donors (Lipinski definition) is 2. The van der Waals surface area contributed by atoms with Gasteiger partial charge in [0.25, 0.3) is 0 Å². The molecule has 1 atom stereocenters. The van der Waals surface area contributed by atoms with Gasteiger partial charge < -0.3 is 10.4 Å². The maximum absolute atomic E-state index is 9.23. The van der Waals surface area contributed by atoms with Crippen LogP contribution in [0.2, 0.25) is 0 Å². The van der Waals surface area contributed by atoms with Gasteiger partial charge in [0.05, 0.1) is 0 Å². The van der Waals surface area contributed by atoms with Crippen molar-refractivity contribution in [3.05, 3.63) is 59.9 Å². The van der Waals surface area contributed by atoms with E-state index in [1.165, 1.54) is 11.1 Å². The van der Waals surface area contributed by atoms with E-state index < -0.39 is 0 Å². The van der Waals surface area contributed by atoms with Crippen LogP contribution in [0.1, 0.15) is 24.5 Å². The van der Waals surface area contributed by atoms with E-state index in [9.17, 15) is 5.11 Å². The molecule has 0 spiro atoms. The molecule has 0 bridgehead atoms. The second-order valence-electron chi connectivity index (χ2n) is 4.84. The number of rotatable bonds is 6. The minimum atomic E-state index is 0.326. The van der Waals surface area contributed by atoms with E-state index in [0.717, 1.165) is 19.4 Å². The number of phenols is 1. The fourth-order valence-corrected chi connectivity index (χ4v) is 1.94. The minimum absolute atomic E-state index is 0.326. The Morgan fingerprint density at radius 3 is 2.42 bits per heavy atom. The SMILES string of the molecule is CC(CCc1ccc(O)cc1)NCc1ccncc1. The van der Waals surface area contributed by atoms with Crippen molar-refractivity contribution in [3.8, 4) is 5.75 Å². The van der Waals surface area contributed by atoms with Crippen molar-refractivity contribution in [1.82, 2.24) is 10.3 Å². The van der Waals surface area contributed by atoms with Crippen LogP contribution >= 0.6 is 0 Å². The number of phenolic OH excluding ortho intramolecular Hbond substituents is 1. The van der Waals surface area contributed by atoms with Crippen LogP contribution in [0, 0.1) is 0 Å². The summed E-state index contributed by atoms with van der Waals surface area (Å²) < 4.78 is 0. The predicted octanol–water partition coefficient (Wildman–Crippen LogP) is 2.90. The van der Waals surface area contributed by atoms with E-state index in [1.54, 1.807) is 12.1 Å². The Balaban J connectivity index is 1.72. The molecule has 0 aliphatic rings. The van der Waals surface area contributed by atoms with Gasteiger partial charge >= 0.3 is 0 Å². The maximum atomic E-state index is 9.23. The molecule has 1 unspecified atom stereocenters. The molecule has 0 radical (unpaired) electrons. The zero-order valence-corrected chi connectivity index (χ0v) is 11.2. The third kappa shape index (κ3) is 4.72. The molecule has 2 N–H and O–H groups in total. The number of nitrogens with one attached hydrogen (secondary N) is 1. The second kappa shape index (κ2) is 6.90. The summed E-state index contributed by atoms with van der Waals surface area (Å²) in [5.41, 5.74) is 2.52. The topological polar surface area (TPSA) is 45.1 Å². The summed E-state index contributed by atoms with van der Waals surface area (Å²) in [6, 6.07) is 12.0. The first-order chi connectivity index (χ1) is 9.24. The van der Waals surface area contributed by atoms with E-state index in [2.05, 4.69) is 17.2 Å². The molecule has 3 heteroatoms. The molecule has 0 amide bonds. The Kier molecular flexibility index (Phi) is 4.93. The summed E-state index contributed by atoms with van der Waals surface area (Å²) in [7, 11) is 0. The zero-order valence-electron chi connectivity index (χ0n) is 11.2.